The number of ether oxygens (including phenoxy) is 2. The summed E-state index contributed by atoms with van der Waals surface area (Å²) in [5, 5.41) is 0. The Morgan fingerprint density at radius 1 is 0.889 bits per heavy atom. The molecule has 11 unspecified atom stereocenters. The summed E-state index contributed by atoms with van der Waals surface area (Å²) in [5.41, 5.74) is 0.397. The molecule has 2 heterocycles. The van der Waals surface area contributed by atoms with Gasteiger partial charge in [0.05, 0.1) is 0 Å². The molecule has 2 saturated heterocycles. The van der Waals surface area contributed by atoms with Gasteiger partial charge in [-0.15, -0.1) is 0 Å². The molecule has 0 aromatic rings. The number of fused-ring (bicyclic) bond motifs is 4. The molecular formula is C30H34O6. The van der Waals surface area contributed by atoms with Crippen molar-refractivity contribution in [3.8, 4) is 0 Å². The Bertz CT molecular complexity index is 1230. The zero-order valence-electron chi connectivity index (χ0n) is 21.3. The number of carbonyl (C=O) groups is 4. The first-order chi connectivity index (χ1) is 17.0. The Kier molecular flexibility index (Phi) is 4.21. The molecule has 6 nitrogen and oxygen atoms in total. The normalized spacial score (nSPS) is 52.9. The average Bonchev–Trinajstić information content (AvgIpc) is 3.42. The van der Waals surface area contributed by atoms with Gasteiger partial charge in [-0.25, -0.2) is 9.59 Å². The molecule has 7 aliphatic rings. The lowest BCUT2D eigenvalue weighted by atomic mass is 9.49. The predicted octanol–water partition coefficient (Wildman–Crippen LogP) is 4.14. The van der Waals surface area contributed by atoms with Crippen LogP contribution >= 0.6 is 0 Å². The van der Waals surface area contributed by atoms with Gasteiger partial charge in [0.1, 0.15) is 18.0 Å². The molecule has 0 amide bonds. The highest BCUT2D eigenvalue weighted by Gasteiger charge is 2.82. The minimum absolute atomic E-state index is 0.00975. The smallest absolute Gasteiger partial charge is 0.334 e. The van der Waals surface area contributed by atoms with E-state index in [1.54, 1.807) is 0 Å². The summed E-state index contributed by atoms with van der Waals surface area (Å²) >= 11 is 0. The maximum Gasteiger partial charge on any atom is 0.334 e. The molecule has 0 aromatic heterocycles. The van der Waals surface area contributed by atoms with Crippen molar-refractivity contribution in [3.05, 3.63) is 36.0 Å². The Balaban J connectivity index is 1.40. The van der Waals surface area contributed by atoms with Crippen LogP contribution in [0.4, 0.5) is 0 Å². The molecule has 2 aliphatic heterocycles. The van der Waals surface area contributed by atoms with E-state index >= 15 is 0 Å². The molecular weight excluding hydrogens is 456 g/mol. The summed E-state index contributed by atoms with van der Waals surface area (Å²) in [5.74, 6) is -0.320. The van der Waals surface area contributed by atoms with Crippen molar-refractivity contribution < 1.29 is 28.7 Å². The third kappa shape index (κ3) is 2.27. The second-order valence-electron chi connectivity index (χ2n) is 13.2. The van der Waals surface area contributed by atoms with Gasteiger partial charge in [-0.1, -0.05) is 39.5 Å². The number of esters is 2. The molecule has 0 aromatic carbocycles. The second-order valence-corrected chi connectivity index (χ2v) is 13.2. The predicted molar refractivity (Wildman–Crippen MR) is 129 cm³/mol. The zero-order valence-corrected chi connectivity index (χ0v) is 21.3. The Morgan fingerprint density at radius 3 is 2.17 bits per heavy atom. The highest BCUT2D eigenvalue weighted by molar-refractivity contribution is 6.04. The first kappa shape index (κ1) is 22.7. The highest BCUT2D eigenvalue weighted by atomic mass is 16.6. The van der Waals surface area contributed by atoms with Crippen LogP contribution in [0.15, 0.2) is 36.0 Å². The molecule has 7 rings (SSSR count). The quantitative estimate of drug-likeness (QED) is 0.375. The largest absolute Gasteiger partial charge is 0.458 e. The van der Waals surface area contributed by atoms with Crippen LogP contribution in [-0.4, -0.2) is 35.7 Å². The van der Waals surface area contributed by atoms with E-state index in [0.29, 0.717) is 49.7 Å². The number of carbonyl (C=O) groups excluding carboxylic acids is 4. The van der Waals surface area contributed by atoms with Gasteiger partial charge in [0.2, 0.25) is 0 Å². The summed E-state index contributed by atoms with van der Waals surface area (Å²) in [7, 11) is 0. The van der Waals surface area contributed by atoms with Crippen molar-refractivity contribution in [3.63, 3.8) is 0 Å². The van der Waals surface area contributed by atoms with Gasteiger partial charge < -0.3 is 9.47 Å². The summed E-state index contributed by atoms with van der Waals surface area (Å²) < 4.78 is 11.5. The average molecular weight is 491 g/mol. The maximum absolute atomic E-state index is 14.4. The van der Waals surface area contributed by atoms with Crippen molar-refractivity contribution >= 4 is 23.5 Å². The fourth-order valence-electron chi connectivity index (χ4n) is 10.5. The molecule has 11 atom stereocenters. The number of hydrogen-bond acceptors (Lipinski definition) is 6. The first-order valence-electron chi connectivity index (χ1n) is 13.5. The standard InChI is InChI=1S/C30H34O6/c1-13-6-21-18(15(3)26(33)35-21)8-20-17(13)10-24(31)30(20)12-28(5)23-9-19-16(4)27(34)36-22(19)7-14(2)29(23,30)11-25(28)32/h10,13-14,18-23H,3-4,6-9,11-12H2,1-2,5H3. The summed E-state index contributed by atoms with van der Waals surface area (Å²) in [6, 6.07) is 0. The van der Waals surface area contributed by atoms with E-state index < -0.39 is 16.2 Å². The first-order valence-corrected chi connectivity index (χ1v) is 13.5. The van der Waals surface area contributed by atoms with E-state index in [9.17, 15) is 19.2 Å². The van der Waals surface area contributed by atoms with Crippen LogP contribution in [0.3, 0.4) is 0 Å². The molecule has 6 heteroatoms. The number of Topliss-reactive ketones (excluding diaryl/α,β-unsaturated/α-hetero) is 1. The van der Waals surface area contributed by atoms with Gasteiger partial charge in [-0.2, -0.15) is 0 Å². The monoisotopic (exact) mass is 490 g/mol. The fraction of sp³-hybridized carbons (Fsp3) is 0.667. The van der Waals surface area contributed by atoms with Gasteiger partial charge in [0, 0.05) is 40.2 Å². The minimum atomic E-state index is -0.686. The van der Waals surface area contributed by atoms with Crippen LogP contribution in [-0.2, 0) is 28.7 Å². The lowest BCUT2D eigenvalue weighted by Gasteiger charge is -2.52. The molecule has 190 valence electrons. The van der Waals surface area contributed by atoms with E-state index in [4.69, 9.17) is 9.47 Å². The number of hydrogen-bond donors (Lipinski definition) is 0. The van der Waals surface area contributed by atoms with E-state index in [1.807, 2.05) is 6.08 Å². The van der Waals surface area contributed by atoms with E-state index in [1.165, 1.54) is 5.57 Å². The minimum Gasteiger partial charge on any atom is -0.458 e. The summed E-state index contributed by atoms with van der Waals surface area (Å²) in [6.07, 6.45) is 5.07. The van der Waals surface area contributed by atoms with Crippen LogP contribution in [0.25, 0.3) is 0 Å². The molecule has 36 heavy (non-hydrogen) atoms. The van der Waals surface area contributed by atoms with Crippen molar-refractivity contribution in [1.29, 1.82) is 0 Å². The second kappa shape index (κ2) is 6.68. The van der Waals surface area contributed by atoms with Gasteiger partial charge >= 0.3 is 11.9 Å². The number of allylic oxidation sites excluding steroid dienone is 2. The van der Waals surface area contributed by atoms with Crippen LogP contribution < -0.4 is 0 Å². The van der Waals surface area contributed by atoms with Gasteiger partial charge in [-0.05, 0) is 67.3 Å². The van der Waals surface area contributed by atoms with Gasteiger partial charge in [0.15, 0.2) is 5.78 Å². The third-order valence-corrected chi connectivity index (χ3v) is 12.1. The lowest BCUT2D eigenvalue weighted by molar-refractivity contribution is -0.149. The van der Waals surface area contributed by atoms with E-state index in [0.717, 1.165) is 0 Å². The lowest BCUT2D eigenvalue weighted by Crippen LogP contribution is -2.53. The molecule has 5 aliphatic carbocycles. The Morgan fingerprint density at radius 2 is 1.50 bits per heavy atom. The maximum atomic E-state index is 14.4. The summed E-state index contributed by atoms with van der Waals surface area (Å²) in [6.45, 7) is 14.5. The zero-order chi connectivity index (χ0) is 25.5. The molecule has 6 fully saturated rings. The molecule has 0 radical (unpaired) electrons. The molecule has 0 N–H and O–H groups in total. The van der Waals surface area contributed by atoms with Crippen LogP contribution in [0.2, 0.25) is 0 Å². The number of rotatable bonds is 0. The van der Waals surface area contributed by atoms with Crippen molar-refractivity contribution in [1.82, 2.24) is 0 Å². The van der Waals surface area contributed by atoms with E-state index in [2.05, 4.69) is 33.9 Å². The van der Waals surface area contributed by atoms with Crippen molar-refractivity contribution in [2.24, 2.45) is 51.8 Å². The van der Waals surface area contributed by atoms with Crippen molar-refractivity contribution in [2.75, 3.05) is 0 Å². The third-order valence-electron chi connectivity index (χ3n) is 12.1. The summed E-state index contributed by atoms with van der Waals surface area (Å²) in [4.78, 5) is 52.9. The van der Waals surface area contributed by atoms with Crippen LogP contribution in [0.5, 0.6) is 0 Å². The highest BCUT2D eigenvalue weighted by Crippen LogP contribution is 2.81. The topological polar surface area (TPSA) is 86.7 Å². The SMILES string of the molecule is C=C1C(=O)OC2CC(C)C3=CC(=O)C4(CC5(C)C(=O)CC46C(C)CC4OC(=O)C(=C)C4CC56)C3CC12. The molecule has 2 bridgehead atoms. The van der Waals surface area contributed by atoms with E-state index in [-0.39, 0.29) is 71.2 Å². The van der Waals surface area contributed by atoms with Gasteiger partial charge in [0.25, 0.3) is 0 Å². The Labute approximate surface area is 211 Å². The van der Waals surface area contributed by atoms with Crippen molar-refractivity contribution in [2.45, 2.75) is 71.5 Å². The number of ketones is 2. The van der Waals surface area contributed by atoms with Gasteiger partial charge in [-0.3, -0.25) is 9.59 Å². The van der Waals surface area contributed by atoms with Crippen LogP contribution in [0.1, 0.15) is 59.3 Å². The molecule has 4 saturated carbocycles. The van der Waals surface area contributed by atoms with Crippen LogP contribution in [0, 0.1) is 51.8 Å². The fourth-order valence-corrected chi connectivity index (χ4v) is 10.5. The Hall–Kier alpha value is -2.50. The molecule has 1 spiro atoms.